The Labute approximate surface area is 157 Å². The van der Waals surface area contributed by atoms with Crippen molar-refractivity contribution in [3.8, 4) is 0 Å². The fourth-order valence-corrected chi connectivity index (χ4v) is 3.14. The minimum Gasteiger partial charge on any atom is -0.339 e. The van der Waals surface area contributed by atoms with Crippen LogP contribution in [0.15, 0.2) is 18.2 Å². The molecule has 1 aromatic rings. The Morgan fingerprint density at radius 3 is 2.23 bits per heavy atom. The van der Waals surface area contributed by atoms with Gasteiger partial charge in [0.15, 0.2) is 0 Å². The van der Waals surface area contributed by atoms with Crippen molar-refractivity contribution in [2.45, 2.75) is 52.9 Å². The third-order valence-electron chi connectivity index (χ3n) is 5.00. The van der Waals surface area contributed by atoms with E-state index in [0.29, 0.717) is 39.1 Å². The maximum atomic E-state index is 12.7. The number of urea groups is 1. The number of carbonyl (C=O) groups excluding carboxylic acids is 2. The van der Waals surface area contributed by atoms with Gasteiger partial charge in [-0.2, -0.15) is 0 Å². The van der Waals surface area contributed by atoms with Crippen LogP contribution in [0, 0.1) is 6.92 Å². The SMILES string of the molecule is CCCNC(=O)N1CCN(C(=O)Cc2ccc(C(C)(C)C)cc2C)CC1. The molecule has 1 aliphatic heterocycles. The molecule has 2 rings (SSSR count). The summed E-state index contributed by atoms with van der Waals surface area (Å²) in [4.78, 5) is 28.3. The number of nitrogens with one attached hydrogen (secondary N) is 1. The summed E-state index contributed by atoms with van der Waals surface area (Å²) in [6, 6.07) is 6.39. The fourth-order valence-electron chi connectivity index (χ4n) is 3.14. The molecule has 0 aromatic heterocycles. The lowest BCUT2D eigenvalue weighted by atomic mass is 9.85. The van der Waals surface area contributed by atoms with Gasteiger partial charge < -0.3 is 15.1 Å². The second-order valence-electron chi connectivity index (χ2n) is 8.17. The summed E-state index contributed by atoms with van der Waals surface area (Å²) in [5, 5.41) is 2.89. The minimum absolute atomic E-state index is 0.0208. The molecule has 1 N–H and O–H groups in total. The van der Waals surface area contributed by atoms with Gasteiger partial charge in [-0.3, -0.25) is 4.79 Å². The minimum atomic E-state index is -0.0208. The van der Waals surface area contributed by atoms with E-state index in [1.54, 1.807) is 4.90 Å². The second kappa shape index (κ2) is 8.56. The molecule has 1 aromatic carbocycles. The Bertz CT molecular complexity index is 641. The fraction of sp³-hybridized carbons (Fsp3) is 0.619. The Morgan fingerprint density at radius 2 is 1.69 bits per heavy atom. The van der Waals surface area contributed by atoms with Crippen molar-refractivity contribution in [1.29, 1.82) is 0 Å². The summed E-state index contributed by atoms with van der Waals surface area (Å²) in [5.74, 6) is 0.144. The van der Waals surface area contributed by atoms with Gasteiger partial charge in [-0.15, -0.1) is 0 Å². The van der Waals surface area contributed by atoms with Crippen molar-refractivity contribution in [3.05, 3.63) is 34.9 Å². The first-order valence-corrected chi connectivity index (χ1v) is 9.63. The molecule has 5 nitrogen and oxygen atoms in total. The number of rotatable bonds is 4. The third-order valence-corrected chi connectivity index (χ3v) is 5.00. The standard InChI is InChI=1S/C21H33N3O2/c1-6-9-22-20(26)24-12-10-23(11-13-24)19(25)15-17-7-8-18(14-16(17)2)21(3,4)5/h7-8,14H,6,9-13,15H2,1-5H3,(H,22,26). The van der Waals surface area contributed by atoms with E-state index in [2.05, 4.69) is 51.2 Å². The zero-order valence-corrected chi connectivity index (χ0v) is 16.9. The number of nitrogens with zero attached hydrogens (tertiary/aromatic N) is 2. The van der Waals surface area contributed by atoms with Crippen LogP contribution in [-0.4, -0.2) is 54.5 Å². The highest BCUT2D eigenvalue weighted by Gasteiger charge is 2.24. The lowest BCUT2D eigenvalue weighted by Crippen LogP contribution is -2.53. The van der Waals surface area contributed by atoms with Gasteiger partial charge in [0.1, 0.15) is 0 Å². The van der Waals surface area contributed by atoms with Crippen LogP contribution in [-0.2, 0) is 16.6 Å². The molecule has 0 atom stereocenters. The van der Waals surface area contributed by atoms with Crippen LogP contribution in [0.5, 0.6) is 0 Å². The van der Waals surface area contributed by atoms with Crippen LogP contribution in [0.4, 0.5) is 4.79 Å². The average molecular weight is 360 g/mol. The van der Waals surface area contributed by atoms with Crippen LogP contribution < -0.4 is 5.32 Å². The molecule has 0 spiro atoms. The van der Waals surface area contributed by atoms with E-state index in [-0.39, 0.29) is 17.4 Å². The Kier molecular flexibility index (Phi) is 6.68. The normalized spacial score (nSPS) is 15.1. The van der Waals surface area contributed by atoms with Gasteiger partial charge in [0, 0.05) is 32.7 Å². The van der Waals surface area contributed by atoms with Gasteiger partial charge in [0.05, 0.1) is 6.42 Å². The van der Waals surface area contributed by atoms with Crippen LogP contribution in [0.3, 0.4) is 0 Å². The van der Waals surface area contributed by atoms with Crippen molar-refractivity contribution < 1.29 is 9.59 Å². The van der Waals surface area contributed by atoms with Gasteiger partial charge >= 0.3 is 6.03 Å². The molecular formula is C21H33N3O2. The molecule has 0 aliphatic carbocycles. The molecule has 0 bridgehead atoms. The number of benzene rings is 1. The number of carbonyl (C=O) groups is 2. The smallest absolute Gasteiger partial charge is 0.317 e. The molecule has 3 amide bonds. The van der Waals surface area contributed by atoms with Crippen LogP contribution in [0.2, 0.25) is 0 Å². The zero-order valence-electron chi connectivity index (χ0n) is 16.9. The van der Waals surface area contributed by atoms with E-state index in [4.69, 9.17) is 0 Å². The molecule has 1 aliphatic rings. The van der Waals surface area contributed by atoms with Gasteiger partial charge in [-0.25, -0.2) is 4.79 Å². The summed E-state index contributed by atoms with van der Waals surface area (Å²) in [5.41, 5.74) is 3.66. The van der Waals surface area contributed by atoms with Crippen LogP contribution in [0.1, 0.15) is 50.8 Å². The topological polar surface area (TPSA) is 52.7 Å². The molecule has 26 heavy (non-hydrogen) atoms. The summed E-state index contributed by atoms with van der Waals surface area (Å²) >= 11 is 0. The maximum absolute atomic E-state index is 12.7. The van der Waals surface area contributed by atoms with E-state index >= 15 is 0 Å². The highest BCUT2D eigenvalue weighted by molar-refractivity contribution is 5.80. The second-order valence-corrected chi connectivity index (χ2v) is 8.17. The van der Waals surface area contributed by atoms with Crippen molar-refractivity contribution >= 4 is 11.9 Å². The quantitative estimate of drug-likeness (QED) is 0.898. The van der Waals surface area contributed by atoms with Crippen molar-refractivity contribution in [2.75, 3.05) is 32.7 Å². The monoisotopic (exact) mass is 359 g/mol. The predicted octanol–water partition coefficient (Wildman–Crippen LogP) is 3.10. The van der Waals surface area contributed by atoms with Crippen molar-refractivity contribution in [2.24, 2.45) is 0 Å². The van der Waals surface area contributed by atoms with Gasteiger partial charge in [0.25, 0.3) is 0 Å². The van der Waals surface area contributed by atoms with Gasteiger partial charge in [0.2, 0.25) is 5.91 Å². The van der Waals surface area contributed by atoms with Gasteiger partial charge in [-0.1, -0.05) is 45.9 Å². The number of hydrogen-bond acceptors (Lipinski definition) is 2. The van der Waals surface area contributed by atoms with E-state index in [0.717, 1.165) is 12.0 Å². The molecule has 5 heteroatoms. The average Bonchev–Trinajstić information content (AvgIpc) is 2.60. The summed E-state index contributed by atoms with van der Waals surface area (Å²) in [6.45, 7) is 13.8. The Morgan fingerprint density at radius 1 is 1.08 bits per heavy atom. The zero-order chi connectivity index (χ0) is 19.3. The van der Waals surface area contributed by atoms with Crippen molar-refractivity contribution in [3.63, 3.8) is 0 Å². The largest absolute Gasteiger partial charge is 0.339 e. The summed E-state index contributed by atoms with van der Waals surface area (Å²) < 4.78 is 0. The molecule has 1 saturated heterocycles. The van der Waals surface area contributed by atoms with E-state index in [1.807, 2.05) is 11.8 Å². The van der Waals surface area contributed by atoms with Gasteiger partial charge in [-0.05, 0) is 35.4 Å². The Hall–Kier alpha value is -2.04. The predicted molar refractivity (Wildman–Crippen MR) is 105 cm³/mol. The molecule has 1 heterocycles. The van der Waals surface area contributed by atoms with Crippen molar-refractivity contribution in [1.82, 2.24) is 15.1 Å². The molecule has 0 saturated carbocycles. The number of hydrogen-bond donors (Lipinski definition) is 1. The number of aryl methyl sites for hydroxylation is 1. The number of piperazine rings is 1. The highest BCUT2D eigenvalue weighted by atomic mass is 16.2. The Balaban J connectivity index is 1.90. The maximum Gasteiger partial charge on any atom is 0.317 e. The van der Waals surface area contributed by atoms with E-state index in [1.165, 1.54) is 11.1 Å². The summed E-state index contributed by atoms with van der Waals surface area (Å²) in [6.07, 6.45) is 1.36. The molecule has 1 fully saturated rings. The van der Waals surface area contributed by atoms with E-state index < -0.39 is 0 Å². The first kappa shape index (κ1) is 20.3. The highest BCUT2D eigenvalue weighted by Crippen LogP contribution is 2.24. The molecule has 144 valence electrons. The summed E-state index contributed by atoms with van der Waals surface area (Å²) in [7, 11) is 0. The third kappa shape index (κ3) is 5.23. The molecular weight excluding hydrogens is 326 g/mol. The van der Waals surface area contributed by atoms with E-state index in [9.17, 15) is 9.59 Å². The number of amides is 3. The molecule has 0 unspecified atom stereocenters. The first-order chi connectivity index (χ1) is 12.2. The van der Waals surface area contributed by atoms with Crippen LogP contribution in [0.25, 0.3) is 0 Å². The first-order valence-electron chi connectivity index (χ1n) is 9.63. The van der Waals surface area contributed by atoms with Crippen LogP contribution >= 0.6 is 0 Å². The lowest BCUT2D eigenvalue weighted by molar-refractivity contribution is -0.131. The lowest BCUT2D eigenvalue weighted by Gasteiger charge is -2.35. The molecule has 0 radical (unpaired) electrons.